The van der Waals surface area contributed by atoms with Crippen LogP contribution < -0.4 is 4.72 Å². The minimum Gasteiger partial charge on any atom is -0.338 e. The van der Waals surface area contributed by atoms with E-state index in [0.29, 0.717) is 11.5 Å². The standard InChI is InChI=1S/C8H11N5O3S/c1-5-7(3-9-12-5)17(14,15)10-4-8-11-6(2)13-16-8/h3,10H,4H2,1-2H3,(H,9,12). The van der Waals surface area contributed by atoms with Crippen molar-refractivity contribution in [2.24, 2.45) is 0 Å². The molecule has 0 saturated carbocycles. The lowest BCUT2D eigenvalue weighted by Gasteiger charge is -2.02. The van der Waals surface area contributed by atoms with Gasteiger partial charge in [-0.1, -0.05) is 5.16 Å². The molecule has 0 aromatic carbocycles. The van der Waals surface area contributed by atoms with E-state index in [4.69, 9.17) is 4.52 Å². The van der Waals surface area contributed by atoms with Crippen molar-refractivity contribution in [3.63, 3.8) is 0 Å². The summed E-state index contributed by atoms with van der Waals surface area (Å²) >= 11 is 0. The van der Waals surface area contributed by atoms with Gasteiger partial charge in [0.25, 0.3) is 0 Å². The molecular weight excluding hydrogens is 246 g/mol. The molecule has 92 valence electrons. The Labute approximate surface area is 97.5 Å². The molecule has 0 fully saturated rings. The highest BCUT2D eigenvalue weighted by atomic mass is 32.2. The molecule has 0 aliphatic carbocycles. The highest BCUT2D eigenvalue weighted by Crippen LogP contribution is 2.11. The quantitative estimate of drug-likeness (QED) is 0.789. The zero-order chi connectivity index (χ0) is 12.5. The molecule has 0 saturated heterocycles. The van der Waals surface area contributed by atoms with E-state index >= 15 is 0 Å². The smallest absolute Gasteiger partial charge is 0.244 e. The normalized spacial score (nSPS) is 11.9. The number of aromatic nitrogens is 4. The highest BCUT2D eigenvalue weighted by molar-refractivity contribution is 7.89. The third kappa shape index (κ3) is 2.50. The van der Waals surface area contributed by atoms with Crippen LogP contribution in [0.3, 0.4) is 0 Å². The fraction of sp³-hybridized carbons (Fsp3) is 0.375. The van der Waals surface area contributed by atoms with E-state index in [0.717, 1.165) is 0 Å². The van der Waals surface area contributed by atoms with Crippen LogP contribution >= 0.6 is 0 Å². The van der Waals surface area contributed by atoms with E-state index < -0.39 is 10.0 Å². The van der Waals surface area contributed by atoms with Gasteiger partial charge in [0.2, 0.25) is 15.9 Å². The molecule has 0 aliphatic rings. The number of nitrogens with zero attached hydrogens (tertiary/aromatic N) is 3. The average molecular weight is 257 g/mol. The molecule has 2 rings (SSSR count). The van der Waals surface area contributed by atoms with E-state index in [1.807, 2.05) is 0 Å². The average Bonchev–Trinajstić information content (AvgIpc) is 2.85. The van der Waals surface area contributed by atoms with E-state index in [-0.39, 0.29) is 17.3 Å². The van der Waals surface area contributed by atoms with Crippen molar-refractivity contribution in [3.8, 4) is 0 Å². The van der Waals surface area contributed by atoms with E-state index in [1.165, 1.54) is 6.20 Å². The molecule has 0 radical (unpaired) electrons. The zero-order valence-corrected chi connectivity index (χ0v) is 10.1. The van der Waals surface area contributed by atoms with Crippen molar-refractivity contribution < 1.29 is 12.9 Å². The van der Waals surface area contributed by atoms with Gasteiger partial charge in [-0.2, -0.15) is 10.1 Å². The molecule has 0 atom stereocenters. The van der Waals surface area contributed by atoms with Crippen molar-refractivity contribution in [3.05, 3.63) is 23.6 Å². The van der Waals surface area contributed by atoms with Gasteiger partial charge in [-0.05, 0) is 13.8 Å². The summed E-state index contributed by atoms with van der Waals surface area (Å²) in [5, 5.41) is 9.77. The van der Waals surface area contributed by atoms with Crippen LogP contribution in [0.15, 0.2) is 15.6 Å². The maximum absolute atomic E-state index is 11.8. The Morgan fingerprint density at radius 1 is 1.47 bits per heavy atom. The molecule has 17 heavy (non-hydrogen) atoms. The lowest BCUT2D eigenvalue weighted by Crippen LogP contribution is -2.23. The summed E-state index contributed by atoms with van der Waals surface area (Å²) in [5.74, 6) is 0.672. The number of sulfonamides is 1. The van der Waals surface area contributed by atoms with Crippen LogP contribution in [0.2, 0.25) is 0 Å². The van der Waals surface area contributed by atoms with Crippen LogP contribution in [0, 0.1) is 13.8 Å². The second kappa shape index (κ2) is 4.26. The molecule has 0 amide bonds. The van der Waals surface area contributed by atoms with Gasteiger partial charge in [-0.25, -0.2) is 13.1 Å². The minimum atomic E-state index is -3.61. The zero-order valence-electron chi connectivity index (χ0n) is 9.26. The van der Waals surface area contributed by atoms with Crippen LogP contribution in [0.4, 0.5) is 0 Å². The number of nitrogens with one attached hydrogen (secondary N) is 2. The molecule has 0 unspecified atom stereocenters. The first kappa shape index (κ1) is 11.7. The molecule has 2 heterocycles. The summed E-state index contributed by atoms with van der Waals surface area (Å²) in [4.78, 5) is 3.99. The lowest BCUT2D eigenvalue weighted by molar-refractivity contribution is 0.372. The number of rotatable bonds is 4. The summed E-state index contributed by atoms with van der Waals surface area (Å²) in [5.41, 5.74) is 0.471. The summed E-state index contributed by atoms with van der Waals surface area (Å²) < 4.78 is 30.8. The lowest BCUT2D eigenvalue weighted by atomic mass is 10.5. The van der Waals surface area contributed by atoms with Crippen molar-refractivity contribution in [1.82, 2.24) is 25.1 Å². The number of aromatic amines is 1. The highest BCUT2D eigenvalue weighted by Gasteiger charge is 2.19. The Morgan fingerprint density at radius 3 is 2.76 bits per heavy atom. The molecule has 9 heteroatoms. The molecule has 0 bridgehead atoms. The first-order valence-corrected chi connectivity index (χ1v) is 6.26. The first-order valence-electron chi connectivity index (χ1n) is 4.78. The van der Waals surface area contributed by atoms with Crippen molar-refractivity contribution in [1.29, 1.82) is 0 Å². The van der Waals surface area contributed by atoms with Crippen LogP contribution in [-0.4, -0.2) is 28.8 Å². The van der Waals surface area contributed by atoms with Crippen LogP contribution in [-0.2, 0) is 16.6 Å². The number of hydrogen-bond acceptors (Lipinski definition) is 6. The molecule has 2 aromatic heterocycles. The topological polar surface area (TPSA) is 114 Å². The van der Waals surface area contributed by atoms with Gasteiger partial charge in [-0.3, -0.25) is 5.10 Å². The van der Waals surface area contributed by atoms with Crippen molar-refractivity contribution >= 4 is 10.0 Å². The third-order valence-corrected chi connectivity index (χ3v) is 3.57. The summed E-state index contributed by atoms with van der Waals surface area (Å²) in [6.45, 7) is 3.23. The van der Waals surface area contributed by atoms with Crippen LogP contribution in [0.5, 0.6) is 0 Å². The Balaban J connectivity index is 2.11. The minimum absolute atomic E-state index is 0.0478. The fourth-order valence-electron chi connectivity index (χ4n) is 1.26. The molecule has 0 aliphatic heterocycles. The van der Waals surface area contributed by atoms with Gasteiger partial charge in [-0.15, -0.1) is 0 Å². The third-order valence-electron chi connectivity index (χ3n) is 2.06. The van der Waals surface area contributed by atoms with Gasteiger partial charge in [0.1, 0.15) is 4.90 Å². The fourth-order valence-corrected chi connectivity index (χ4v) is 2.37. The maximum Gasteiger partial charge on any atom is 0.244 e. The maximum atomic E-state index is 11.8. The SMILES string of the molecule is Cc1noc(CNS(=O)(=O)c2cn[nH]c2C)n1. The van der Waals surface area contributed by atoms with E-state index in [2.05, 4.69) is 25.1 Å². The van der Waals surface area contributed by atoms with Crippen LogP contribution in [0.1, 0.15) is 17.4 Å². The van der Waals surface area contributed by atoms with Gasteiger partial charge >= 0.3 is 0 Å². The van der Waals surface area contributed by atoms with Crippen LogP contribution in [0.25, 0.3) is 0 Å². The molecule has 8 nitrogen and oxygen atoms in total. The molecular formula is C8H11N5O3S. The Kier molecular flexibility index (Phi) is 2.94. The van der Waals surface area contributed by atoms with E-state index in [1.54, 1.807) is 13.8 Å². The van der Waals surface area contributed by atoms with Crippen molar-refractivity contribution in [2.45, 2.75) is 25.3 Å². The summed E-state index contributed by atoms with van der Waals surface area (Å²) in [6.07, 6.45) is 1.25. The number of aryl methyl sites for hydroxylation is 2. The van der Waals surface area contributed by atoms with Crippen molar-refractivity contribution in [2.75, 3.05) is 0 Å². The van der Waals surface area contributed by atoms with Gasteiger partial charge < -0.3 is 4.52 Å². The van der Waals surface area contributed by atoms with Gasteiger partial charge in [0, 0.05) is 0 Å². The summed E-state index contributed by atoms with van der Waals surface area (Å²) in [7, 11) is -3.61. The monoisotopic (exact) mass is 257 g/mol. The summed E-state index contributed by atoms with van der Waals surface area (Å²) in [6, 6.07) is 0. The number of hydrogen-bond donors (Lipinski definition) is 2. The Bertz CT molecular complexity index is 615. The second-order valence-electron chi connectivity index (χ2n) is 3.42. The Hall–Kier alpha value is -1.74. The van der Waals surface area contributed by atoms with Gasteiger partial charge in [0.15, 0.2) is 5.82 Å². The molecule has 0 spiro atoms. The predicted molar refractivity (Wildman–Crippen MR) is 56.4 cm³/mol. The number of H-pyrrole nitrogens is 1. The predicted octanol–water partition coefficient (Wildman–Crippen LogP) is -0.112. The van der Waals surface area contributed by atoms with E-state index in [9.17, 15) is 8.42 Å². The molecule has 2 aromatic rings. The molecule has 2 N–H and O–H groups in total. The van der Waals surface area contributed by atoms with Gasteiger partial charge in [0.05, 0.1) is 18.4 Å². The first-order chi connectivity index (χ1) is 7.99. The second-order valence-corrected chi connectivity index (χ2v) is 5.15. The Morgan fingerprint density at radius 2 is 2.24 bits per heavy atom. The largest absolute Gasteiger partial charge is 0.338 e.